The average molecular weight is 879 g/mol. The van der Waals surface area contributed by atoms with Crippen LogP contribution in [0.3, 0.4) is 0 Å². The molecule has 0 saturated heterocycles. The zero-order chi connectivity index (χ0) is 45.0. The number of aromatic amines is 6. The summed E-state index contributed by atoms with van der Waals surface area (Å²) in [6.07, 6.45) is 23.5. The van der Waals surface area contributed by atoms with Crippen molar-refractivity contribution < 1.29 is 0 Å². The van der Waals surface area contributed by atoms with Crippen molar-refractivity contribution in [2.75, 3.05) is 0 Å². The molecule has 12 nitrogen and oxygen atoms in total. The number of fused-ring (bicyclic) bond motifs is 8. The van der Waals surface area contributed by atoms with Gasteiger partial charge in [0.1, 0.15) is 0 Å². The van der Waals surface area contributed by atoms with E-state index in [0.29, 0.717) is 0 Å². The van der Waals surface area contributed by atoms with Crippen LogP contribution >= 0.6 is 0 Å². The molecule has 7 aromatic heterocycles. The molecule has 8 bridgehead atoms. The quantitative estimate of drug-likeness (QED) is 0.0886. The van der Waals surface area contributed by atoms with Crippen molar-refractivity contribution in [1.82, 2.24) is 60.7 Å². The maximum absolute atomic E-state index is 5.52. The molecule has 0 radical (unpaired) electrons. The van der Waals surface area contributed by atoms with Crippen LogP contribution in [0.2, 0.25) is 0 Å². The molecule has 0 atom stereocenters. The van der Waals surface area contributed by atoms with Gasteiger partial charge >= 0.3 is 0 Å². The van der Waals surface area contributed by atoms with Gasteiger partial charge in [-0.05, 0) is 93.1 Å². The van der Waals surface area contributed by atoms with E-state index in [1.165, 1.54) is 0 Å². The summed E-state index contributed by atoms with van der Waals surface area (Å²) in [7, 11) is 0. The number of rotatable bonds is 8. The van der Waals surface area contributed by atoms with Crippen LogP contribution in [0.5, 0.6) is 0 Å². The number of H-pyrrole nitrogens is 6. The van der Waals surface area contributed by atoms with Crippen LogP contribution < -0.4 is 0 Å². The number of hydrogen-bond donors (Lipinski definition) is 6. The molecule has 2 aliphatic rings. The summed E-state index contributed by atoms with van der Waals surface area (Å²) in [4.78, 5) is 18.8. The van der Waals surface area contributed by atoms with E-state index in [1.807, 2.05) is 49.6 Å². The molecule has 0 fully saturated rings. The van der Waals surface area contributed by atoms with Gasteiger partial charge < -0.3 is 9.97 Å². The molecule has 322 valence electrons. The largest absolute Gasteiger partial charge is 0.354 e. The van der Waals surface area contributed by atoms with E-state index < -0.39 is 0 Å². The minimum Gasteiger partial charge on any atom is -0.354 e. The fraction of sp³-hybridized carbons (Fsp3) is 0. The van der Waals surface area contributed by atoms with E-state index in [0.717, 1.165) is 134 Å². The lowest BCUT2D eigenvalue weighted by molar-refractivity contribution is 1.09. The topological polar surface area (TPSA) is 172 Å². The van der Waals surface area contributed by atoms with Gasteiger partial charge in [-0.25, -0.2) is 9.97 Å². The molecule has 4 aromatic carbocycles. The first-order valence-corrected chi connectivity index (χ1v) is 22.2. The smallest absolute Gasteiger partial charge is 0.0737 e. The van der Waals surface area contributed by atoms with Crippen molar-refractivity contribution in [3.8, 4) is 89.0 Å². The van der Waals surface area contributed by atoms with Gasteiger partial charge in [0.2, 0.25) is 0 Å². The lowest BCUT2D eigenvalue weighted by Gasteiger charge is -2.08. The predicted molar refractivity (Wildman–Crippen MR) is 271 cm³/mol. The van der Waals surface area contributed by atoms with E-state index >= 15 is 0 Å². The van der Waals surface area contributed by atoms with Crippen LogP contribution in [0.4, 0.5) is 0 Å². The summed E-state index contributed by atoms with van der Waals surface area (Å²) in [5, 5.41) is 28.5. The first kappa shape index (κ1) is 38.8. The van der Waals surface area contributed by atoms with Gasteiger partial charge in [0.05, 0.1) is 47.6 Å². The Hall–Kier alpha value is -9.68. The van der Waals surface area contributed by atoms with Crippen LogP contribution in [0, 0.1) is 0 Å². The Balaban J connectivity index is 1.10. The van der Waals surface area contributed by atoms with Crippen LogP contribution in [0.1, 0.15) is 22.8 Å². The lowest BCUT2D eigenvalue weighted by Crippen LogP contribution is -1.90. The Morgan fingerprint density at radius 1 is 0.235 bits per heavy atom. The molecule has 12 heteroatoms. The average Bonchev–Trinajstić information content (AvgIpc) is 4.24. The first-order valence-electron chi connectivity index (χ1n) is 22.2. The third-order valence-corrected chi connectivity index (χ3v) is 12.8. The van der Waals surface area contributed by atoms with E-state index in [-0.39, 0.29) is 0 Å². The normalized spacial score (nSPS) is 12.0. The monoisotopic (exact) mass is 878 g/mol. The van der Waals surface area contributed by atoms with Crippen LogP contribution in [0.15, 0.2) is 171 Å². The summed E-state index contributed by atoms with van der Waals surface area (Å²) in [6, 6.07) is 42.9. The van der Waals surface area contributed by atoms with Gasteiger partial charge in [0, 0.05) is 91.4 Å². The molecule has 13 rings (SSSR count). The number of nitrogens with one attached hydrogen (secondary N) is 6. The standard InChI is InChI=1S/C56H38N12/c1-9-37(10-2-33(1)41-25-57-58-26-41)53-45-17-19-47(65-45)54(38-11-3-34(4-12-38)42-27-59-60-28-42)49-21-23-51(67-49)56(40-15-7-36(8-16-40)44-31-63-64-32-44)52-24-22-50(68-52)55(48-20-18-46(53)66-48)39-13-5-35(6-14-39)43-29-61-62-30-43/h1-32,65,68H,(H,57,58)(H,59,60)(H,61,62)(H,63,64). The Kier molecular flexibility index (Phi) is 9.17. The minimum atomic E-state index is 0.834. The lowest BCUT2D eigenvalue weighted by atomic mass is 10.0. The fourth-order valence-electron chi connectivity index (χ4n) is 9.37. The Labute approximate surface area is 388 Å². The summed E-state index contributed by atoms with van der Waals surface area (Å²) in [6.45, 7) is 0. The van der Waals surface area contributed by atoms with Crippen molar-refractivity contribution in [2.24, 2.45) is 0 Å². The van der Waals surface area contributed by atoms with Gasteiger partial charge in [0.25, 0.3) is 0 Å². The third kappa shape index (κ3) is 6.88. The molecule has 0 unspecified atom stereocenters. The molecule has 2 aliphatic heterocycles. The molecule has 11 aromatic rings. The molecule has 0 amide bonds. The summed E-state index contributed by atoms with van der Waals surface area (Å²) >= 11 is 0. The highest BCUT2D eigenvalue weighted by atomic mass is 15.1. The van der Waals surface area contributed by atoms with E-state index in [1.54, 1.807) is 0 Å². The zero-order valence-corrected chi connectivity index (χ0v) is 36.2. The van der Waals surface area contributed by atoms with Crippen molar-refractivity contribution in [3.63, 3.8) is 0 Å². The fourth-order valence-corrected chi connectivity index (χ4v) is 9.37. The van der Waals surface area contributed by atoms with Crippen molar-refractivity contribution >= 4 is 46.4 Å². The highest BCUT2D eigenvalue weighted by molar-refractivity contribution is 6.00. The van der Waals surface area contributed by atoms with Crippen LogP contribution in [-0.2, 0) is 0 Å². The van der Waals surface area contributed by atoms with Crippen molar-refractivity contribution in [1.29, 1.82) is 0 Å². The Morgan fingerprint density at radius 3 is 0.662 bits per heavy atom. The highest BCUT2D eigenvalue weighted by Crippen LogP contribution is 2.40. The number of nitrogens with zero attached hydrogens (tertiary/aromatic N) is 6. The highest BCUT2D eigenvalue weighted by Gasteiger charge is 2.20. The number of hydrogen-bond acceptors (Lipinski definition) is 6. The second-order valence-corrected chi connectivity index (χ2v) is 16.8. The van der Waals surface area contributed by atoms with Gasteiger partial charge in [-0.1, -0.05) is 97.1 Å². The van der Waals surface area contributed by atoms with E-state index in [4.69, 9.17) is 9.97 Å². The maximum atomic E-state index is 5.52. The SMILES string of the molecule is C1=Cc2nc1c(-c1ccc(-c3cn[nH]c3)cc1)c1ccc([nH]1)c(-c1ccc(-c3cn[nH]c3)cc1)c1nc(c(-c3ccc(-c4cn[nH]c4)cc3)c3ccc([nH]3)c2-c2ccc(-c3cn[nH]c3)cc2)C=C1. The van der Waals surface area contributed by atoms with Gasteiger partial charge in [0.15, 0.2) is 0 Å². The maximum Gasteiger partial charge on any atom is 0.0737 e. The van der Waals surface area contributed by atoms with Gasteiger partial charge in [-0.2, -0.15) is 20.4 Å². The van der Waals surface area contributed by atoms with Gasteiger partial charge in [-0.3, -0.25) is 20.4 Å². The van der Waals surface area contributed by atoms with Crippen LogP contribution in [0.25, 0.3) is 135 Å². The summed E-state index contributed by atoms with van der Waals surface area (Å²) < 4.78 is 0. The predicted octanol–water partition coefficient (Wildman–Crippen LogP) is 12.9. The zero-order valence-electron chi connectivity index (χ0n) is 36.2. The first-order chi connectivity index (χ1) is 33.7. The van der Waals surface area contributed by atoms with Crippen molar-refractivity contribution in [3.05, 3.63) is 194 Å². The van der Waals surface area contributed by atoms with Crippen LogP contribution in [-0.4, -0.2) is 60.7 Å². The summed E-state index contributed by atoms with van der Waals surface area (Å²) in [5.41, 5.74) is 23.3. The number of aromatic nitrogens is 12. The molecular formula is C56H38N12. The molecule has 0 aliphatic carbocycles. The molecule has 6 N–H and O–H groups in total. The number of benzene rings is 4. The minimum absolute atomic E-state index is 0.834. The molecule has 68 heavy (non-hydrogen) atoms. The molecule has 0 saturated carbocycles. The van der Waals surface area contributed by atoms with Crippen molar-refractivity contribution in [2.45, 2.75) is 0 Å². The van der Waals surface area contributed by atoms with E-state index in [2.05, 4.69) is 196 Å². The third-order valence-electron chi connectivity index (χ3n) is 12.8. The Bertz CT molecular complexity index is 3330. The van der Waals surface area contributed by atoms with E-state index in [9.17, 15) is 0 Å². The second-order valence-electron chi connectivity index (χ2n) is 16.8. The summed E-state index contributed by atoms with van der Waals surface area (Å²) in [5.74, 6) is 0. The Morgan fingerprint density at radius 2 is 0.456 bits per heavy atom. The molecular weight excluding hydrogens is 841 g/mol. The second kappa shape index (κ2) is 16.1. The molecule has 0 spiro atoms. The molecule has 9 heterocycles. The van der Waals surface area contributed by atoms with Gasteiger partial charge in [-0.15, -0.1) is 0 Å².